The zero-order chi connectivity index (χ0) is 13.1. The molecule has 1 aromatic heterocycles. The zero-order valence-electron chi connectivity index (χ0n) is 11.5. The molecule has 1 amide bonds. The van der Waals surface area contributed by atoms with Crippen LogP contribution in [0.1, 0.15) is 57.1 Å². The molecule has 0 unspecified atom stereocenters. The van der Waals surface area contributed by atoms with Crippen LogP contribution < -0.4 is 5.32 Å². The van der Waals surface area contributed by atoms with Crippen molar-refractivity contribution >= 4 is 5.91 Å². The standard InChI is InChI=1S/C16H23NO2/c18-15(17-13-6-2-1-3-7-13)16(9-5-10-16)12-14-8-4-11-19-14/h4,8,11,13H,1-3,5-7,9-10,12H2,(H,17,18). The largest absolute Gasteiger partial charge is 0.469 e. The fourth-order valence-corrected chi connectivity index (χ4v) is 3.42. The minimum Gasteiger partial charge on any atom is -0.469 e. The lowest BCUT2D eigenvalue weighted by Crippen LogP contribution is -2.50. The average Bonchev–Trinajstić information content (AvgIpc) is 2.87. The summed E-state index contributed by atoms with van der Waals surface area (Å²) in [4.78, 5) is 12.6. The third-order valence-electron chi connectivity index (χ3n) is 4.83. The van der Waals surface area contributed by atoms with Crippen molar-refractivity contribution in [3.05, 3.63) is 24.2 Å². The van der Waals surface area contributed by atoms with Gasteiger partial charge < -0.3 is 9.73 Å². The Hall–Kier alpha value is -1.25. The number of furan rings is 1. The molecule has 1 N–H and O–H groups in total. The first kappa shape index (κ1) is 12.8. The number of hydrogen-bond donors (Lipinski definition) is 1. The Kier molecular flexibility index (Phi) is 3.63. The second kappa shape index (κ2) is 5.40. The van der Waals surface area contributed by atoms with Gasteiger partial charge in [-0.2, -0.15) is 0 Å². The molecule has 3 rings (SSSR count). The molecule has 2 fully saturated rings. The van der Waals surface area contributed by atoms with E-state index in [1.807, 2.05) is 12.1 Å². The van der Waals surface area contributed by atoms with Crippen LogP contribution in [0, 0.1) is 5.41 Å². The van der Waals surface area contributed by atoms with E-state index >= 15 is 0 Å². The quantitative estimate of drug-likeness (QED) is 0.902. The number of carbonyl (C=O) groups excluding carboxylic acids is 1. The van der Waals surface area contributed by atoms with Crippen LogP contribution in [-0.4, -0.2) is 11.9 Å². The second-order valence-corrected chi connectivity index (χ2v) is 6.20. The molecule has 0 aromatic carbocycles. The van der Waals surface area contributed by atoms with Gasteiger partial charge in [0.1, 0.15) is 5.76 Å². The maximum atomic E-state index is 12.6. The van der Waals surface area contributed by atoms with Crippen LogP contribution in [0.25, 0.3) is 0 Å². The SMILES string of the molecule is O=C(NC1CCCCC1)C1(Cc2ccco2)CCC1. The Morgan fingerprint density at radius 1 is 1.26 bits per heavy atom. The topological polar surface area (TPSA) is 42.2 Å². The minimum atomic E-state index is -0.185. The van der Waals surface area contributed by atoms with Gasteiger partial charge in [-0.25, -0.2) is 0 Å². The van der Waals surface area contributed by atoms with E-state index in [0.717, 1.165) is 37.9 Å². The Balaban J connectivity index is 1.62. The molecule has 1 aromatic rings. The third kappa shape index (κ3) is 2.70. The summed E-state index contributed by atoms with van der Waals surface area (Å²) in [6.07, 6.45) is 11.8. The predicted octanol–water partition coefficient (Wildman–Crippen LogP) is 3.44. The molecule has 0 radical (unpaired) electrons. The highest BCUT2D eigenvalue weighted by atomic mass is 16.3. The maximum absolute atomic E-state index is 12.6. The van der Waals surface area contributed by atoms with Crippen molar-refractivity contribution in [1.29, 1.82) is 0 Å². The van der Waals surface area contributed by atoms with E-state index in [4.69, 9.17) is 4.42 Å². The molecular weight excluding hydrogens is 238 g/mol. The van der Waals surface area contributed by atoms with Gasteiger partial charge in [0.25, 0.3) is 0 Å². The van der Waals surface area contributed by atoms with E-state index in [-0.39, 0.29) is 11.3 Å². The van der Waals surface area contributed by atoms with E-state index in [2.05, 4.69) is 5.32 Å². The molecule has 2 aliphatic rings. The van der Waals surface area contributed by atoms with E-state index in [9.17, 15) is 4.79 Å². The molecule has 0 saturated heterocycles. The highest BCUT2D eigenvalue weighted by Gasteiger charge is 2.45. The van der Waals surface area contributed by atoms with Crippen molar-refractivity contribution in [1.82, 2.24) is 5.32 Å². The molecule has 104 valence electrons. The molecular formula is C16H23NO2. The number of hydrogen-bond acceptors (Lipinski definition) is 2. The molecule has 0 aliphatic heterocycles. The summed E-state index contributed by atoms with van der Waals surface area (Å²) >= 11 is 0. The molecule has 3 heteroatoms. The van der Waals surface area contributed by atoms with Crippen LogP contribution in [0.5, 0.6) is 0 Å². The van der Waals surface area contributed by atoms with Gasteiger partial charge in [0.2, 0.25) is 5.91 Å². The Morgan fingerprint density at radius 3 is 2.63 bits per heavy atom. The molecule has 0 atom stereocenters. The summed E-state index contributed by atoms with van der Waals surface area (Å²) in [6.45, 7) is 0. The van der Waals surface area contributed by atoms with Gasteiger partial charge in [-0.1, -0.05) is 25.7 Å². The lowest BCUT2D eigenvalue weighted by atomic mass is 9.65. The van der Waals surface area contributed by atoms with Crippen molar-refractivity contribution in [2.45, 2.75) is 63.8 Å². The first-order valence-corrected chi connectivity index (χ1v) is 7.62. The van der Waals surface area contributed by atoms with Gasteiger partial charge in [0.15, 0.2) is 0 Å². The fourth-order valence-electron chi connectivity index (χ4n) is 3.42. The Labute approximate surface area is 114 Å². The van der Waals surface area contributed by atoms with E-state index in [1.54, 1.807) is 6.26 Å². The fraction of sp³-hybridized carbons (Fsp3) is 0.688. The maximum Gasteiger partial charge on any atom is 0.226 e. The van der Waals surface area contributed by atoms with Gasteiger partial charge in [0, 0.05) is 12.5 Å². The number of carbonyl (C=O) groups is 1. The van der Waals surface area contributed by atoms with E-state index < -0.39 is 0 Å². The van der Waals surface area contributed by atoms with Gasteiger partial charge in [-0.05, 0) is 37.8 Å². The van der Waals surface area contributed by atoms with Crippen LogP contribution in [0.2, 0.25) is 0 Å². The molecule has 2 aliphatic carbocycles. The molecule has 2 saturated carbocycles. The van der Waals surface area contributed by atoms with Crippen LogP contribution in [0.15, 0.2) is 22.8 Å². The number of nitrogens with one attached hydrogen (secondary N) is 1. The molecule has 0 spiro atoms. The monoisotopic (exact) mass is 261 g/mol. The Bertz CT molecular complexity index is 414. The molecule has 1 heterocycles. The van der Waals surface area contributed by atoms with Gasteiger partial charge >= 0.3 is 0 Å². The van der Waals surface area contributed by atoms with Crippen molar-refractivity contribution in [2.75, 3.05) is 0 Å². The van der Waals surface area contributed by atoms with Crippen LogP contribution in [0.4, 0.5) is 0 Å². The van der Waals surface area contributed by atoms with Crippen LogP contribution in [-0.2, 0) is 11.2 Å². The van der Waals surface area contributed by atoms with Crippen molar-refractivity contribution in [3.63, 3.8) is 0 Å². The number of amides is 1. The second-order valence-electron chi connectivity index (χ2n) is 6.20. The third-order valence-corrected chi connectivity index (χ3v) is 4.83. The van der Waals surface area contributed by atoms with Crippen molar-refractivity contribution < 1.29 is 9.21 Å². The van der Waals surface area contributed by atoms with E-state index in [0.29, 0.717) is 6.04 Å². The van der Waals surface area contributed by atoms with Gasteiger partial charge in [0.05, 0.1) is 11.7 Å². The highest BCUT2D eigenvalue weighted by molar-refractivity contribution is 5.84. The predicted molar refractivity (Wildman–Crippen MR) is 73.7 cm³/mol. The summed E-state index contributed by atoms with van der Waals surface area (Å²) in [5, 5.41) is 3.29. The van der Waals surface area contributed by atoms with E-state index in [1.165, 1.54) is 25.7 Å². The summed E-state index contributed by atoms with van der Waals surface area (Å²) in [5.74, 6) is 1.21. The highest BCUT2D eigenvalue weighted by Crippen LogP contribution is 2.44. The molecule has 0 bridgehead atoms. The molecule has 3 nitrogen and oxygen atoms in total. The number of rotatable bonds is 4. The van der Waals surface area contributed by atoms with Gasteiger partial charge in [-0.15, -0.1) is 0 Å². The summed E-state index contributed by atoms with van der Waals surface area (Å²) in [6, 6.07) is 4.30. The minimum absolute atomic E-state index is 0.185. The van der Waals surface area contributed by atoms with Crippen LogP contribution in [0.3, 0.4) is 0 Å². The zero-order valence-corrected chi connectivity index (χ0v) is 11.5. The summed E-state index contributed by atoms with van der Waals surface area (Å²) in [5.41, 5.74) is -0.185. The van der Waals surface area contributed by atoms with Crippen LogP contribution >= 0.6 is 0 Å². The average molecular weight is 261 g/mol. The summed E-state index contributed by atoms with van der Waals surface area (Å²) < 4.78 is 5.43. The lowest BCUT2D eigenvalue weighted by molar-refractivity contribution is -0.137. The van der Waals surface area contributed by atoms with Gasteiger partial charge in [-0.3, -0.25) is 4.79 Å². The van der Waals surface area contributed by atoms with Crippen molar-refractivity contribution in [2.24, 2.45) is 5.41 Å². The van der Waals surface area contributed by atoms with Crippen molar-refractivity contribution in [3.8, 4) is 0 Å². The lowest BCUT2D eigenvalue weighted by Gasteiger charge is -2.41. The Morgan fingerprint density at radius 2 is 2.05 bits per heavy atom. The first-order chi connectivity index (χ1) is 9.28. The summed E-state index contributed by atoms with van der Waals surface area (Å²) in [7, 11) is 0. The molecule has 19 heavy (non-hydrogen) atoms. The normalized spacial score (nSPS) is 22.7. The smallest absolute Gasteiger partial charge is 0.226 e. The first-order valence-electron chi connectivity index (χ1n) is 7.62.